The fraction of sp³-hybridized carbons (Fsp3) is 0.278. The lowest BCUT2D eigenvalue weighted by Gasteiger charge is -2.15. The molecule has 124 valence electrons. The highest BCUT2D eigenvalue weighted by Gasteiger charge is 2.18. The number of aromatic nitrogens is 1. The lowest BCUT2D eigenvalue weighted by atomic mass is 10.1. The second kappa shape index (κ2) is 7.09. The minimum absolute atomic E-state index is 0.0194. The Morgan fingerprint density at radius 2 is 2.00 bits per heavy atom. The van der Waals surface area contributed by atoms with Crippen LogP contribution < -0.4 is 5.56 Å². The van der Waals surface area contributed by atoms with Crippen molar-refractivity contribution in [3.05, 3.63) is 57.1 Å². The minimum atomic E-state index is -0.514. The van der Waals surface area contributed by atoms with Crippen molar-refractivity contribution in [2.45, 2.75) is 27.3 Å². The summed E-state index contributed by atoms with van der Waals surface area (Å²) in [7, 11) is 0. The van der Waals surface area contributed by atoms with E-state index in [2.05, 4.69) is 4.99 Å². The summed E-state index contributed by atoms with van der Waals surface area (Å²) < 4.78 is 14.1. The Labute approximate surface area is 139 Å². The van der Waals surface area contributed by atoms with Crippen molar-refractivity contribution in [3.63, 3.8) is 0 Å². The van der Waals surface area contributed by atoms with Crippen molar-refractivity contribution in [2.24, 2.45) is 10.9 Å². The molecule has 1 aromatic carbocycles. The van der Waals surface area contributed by atoms with Crippen molar-refractivity contribution in [3.8, 4) is 11.9 Å². The predicted molar refractivity (Wildman–Crippen MR) is 90.3 cm³/mol. The van der Waals surface area contributed by atoms with Gasteiger partial charge in [-0.3, -0.25) is 14.4 Å². The summed E-state index contributed by atoms with van der Waals surface area (Å²) in [6.45, 7) is 5.69. The highest BCUT2D eigenvalue weighted by atomic mass is 19.1. The second-order valence-corrected chi connectivity index (χ2v) is 5.89. The van der Waals surface area contributed by atoms with Crippen LogP contribution in [0.2, 0.25) is 0 Å². The highest BCUT2D eigenvalue weighted by Crippen LogP contribution is 2.22. The first-order chi connectivity index (χ1) is 11.3. The molecule has 0 aliphatic heterocycles. The lowest BCUT2D eigenvalue weighted by molar-refractivity contribution is 0.381. The van der Waals surface area contributed by atoms with E-state index in [-0.39, 0.29) is 29.7 Å². The molecule has 0 radical (unpaired) electrons. The van der Waals surface area contributed by atoms with E-state index in [1.54, 1.807) is 6.92 Å². The maximum atomic E-state index is 12.9. The molecule has 1 heterocycles. The number of benzene rings is 1. The van der Waals surface area contributed by atoms with Gasteiger partial charge in [-0.15, -0.1) is 0 Å². The smallest absolute Gasteiger partial charge is 0.271 e. The Morgan fingerprint density at radius 1 is 1.38 bits per heavy atom. The minimum Gasteiger partial charge on any atom is -0.494 e. The summed E-state index contributed by atoms with van der Waals surface area (Å²) in [5.74, 6) is -0.481. The monoisotopic (exact) mass is 327 g/mol. The van der Waals surface area contributed by atoms with Crippen LogP contribution in [0.15, 0.2) is 34.1 Å². The Balaban J connectivity index is 2.58. The van der Waals surface area contributed by atoms with Crippen molar-refractivity contribution in [2.75, 3.05) is 0 Å². The molecular weight excluding hydrogens is 309 g/mol. The number of pyridine rings is 1. The van der Waals surface area contributed by atoms with Gasteiger partial charge in [0.25, 0.3) is 5.56 Å². The van der Waals surface area contributed by atoms with Crippen LogP contribution in [0.4, 0.5) is 10.1 Å². The molecule has 5 nitrogen and oxygen atoms in total. The predicted octanol–water partition coefficient (Wildman–Crippen LogP) is 3.28. The largest absolute Gasteiger partial charge is 0.494 e. The van der Waals surface area contributed by atoms with E-state index in [9.17, 15) is 19.6 Å². The number of nitrogens with zero attached hydrogens (tertiary/aromatic N) is 3. The van der Waals surface area contributed by atoms with E-state index in [0.29, 0.717) is 16.8 Å². The van der Waals surface area contributed by atoms with Gasteiger partial charge >= 0.3 is 0 Å². The first-order valence-electron chi connectivity index (χ1n) is 7.51. The van der Waals surface area contributed by atoms with Gasteiger partial charge < -0.3 is 5.11 Å². The molecule has 2 rings (SSSR count). The molecule has 1 N–H and O–H groups in total. The molecule has 0 amide bonds. The molecule has 0 bridgehead atoms. The first-order valence-corrected chi connectivity index (χ1v) is 7.51. The van der Waals surface area contributed by atoms with Gasteiger partial charge in [0.1, 0.15) is 17.4 Å². The van der Waals surface area contributed by atoms with Gasteiger partial charge in [0.15, 0.2) is 0 Å². The summed E-state index contributed by atoms with van der Waals surface area (Å²) in [5, 5.41) is 19.7. The summed E-state index contributed by atoms with van der Waals surface area (Å²) >= 11 is 0. The average Bonchev–Trinajstić information content (AvgIpc) is 2.53. The number of aliphatic imine (C=N–C) groups is 1. The molecule has 0 spiro atoms. The normalized spacial score (nSPS) is 11.2. The third kappa shape index (κ3) is 3.51. The molecule has 0 fully saturated rings. The Kier molecular flexibility index (Phi) is 5.14. The number of nitriles is 1. The van der Waals surface area contributed by atoms with E-state index in [0.717, 1.165) is 0 Å². The Morgan fingerprint density at radius 3 is 2.54 bits per heavy atom. The molecule has 0 unspecified atom stereocenters. The van der Waals surface area contributed by atoms with Gasteiger partial charge in [-0.1, -0.05) is 13.8 Å². The van der Waals surface area contributed by atoms with Gasteiger partial charge in [-0.05, 0) is 42.7 Å². The zero-order valence-electron chi connectivity index (χ0n) is 13.7. The van der Waals surface area contributed by atoms with Gasteiger partial charge in [-0.25, -0.2) is 4.39 Å². The summed E-state index contributed by atoms with van der Waals surface area (Å²) in [4.78, 5) is 16.5. The quantitative estimate of drug-likeness (QED) is 0.875. The molecule has 0 aliphatic rings. The fourth-order valence-electron chi connectivity index (χ4n) is 2.33. The van der Waals surface area contributed by atoms with Gasteiger partial charge in [0.2, 0.25) is 5.88 Å². The maximum absolute atomic E-state index is 12.9. The van der Waals surface area contributed by atoms with Crippen LogP contribution in [-0.2, 0) is 6.54 Å². The van der Waals surface area contributed by atoms with Crippen LogP contribution in [-0.4, -0.2) is 15.9 Å². The molecule has 0 atom stereocenters. The third-order valence-electron chi connectivity index (χ3n) is 3.56. The molecule has 24 heavy (non-hydrogen) atoms. The molecular formula is C18H18FN3O2. The number of rotatable bonds is 4. The highest BCUT2D eigenvalue weighted by molar-refractivity contribution is 5.87. The standard InChI is InChI=1S/C18H18FN3O2/c1-11(2)10-22-17(23)15(8-20)12(3)16(18(22)24)9-21-14-6-4-13(19)5-7-14/h4-7,9,11,24H,10H2,1-3H3. The van der Waals surface area contributed by atoms with Crippen LogP contribution >= 0.6 is 0 Å². The van der Waals surface area contributed by atoms with Crippen LogP contribution in [0.1, 0.15) is 30.5 Å². The lowest BCUT2D eigenvalue weighted by Crippen LogP contribution is -2.27. The van der Waals surface area contributed by atoms with Crippen molar-refractivity contribution in [1.82, 2.24) is 4.57 Å². The van der Waals surface area contributed by atoms with Crippen molar-refractivity contribution < 1.29 is 9.50 Å². The SMILES string of the molecule is Cc1c(C=Nc2ccc(F)cc2)c(O)n(CC(C)C)c(=O)c1C#N. The number of aromatic hydroxyl groups is 1. The topological polar surface area (TPSA) is 78.4 Å². The van der Waals surface area contributed by atoms with E-state index in [1.165, 1.54) is 35.0 Å². The molecule has 0 saturated heterocycles. The zero-order chi connectivity index (χ0) is 17.9. The summed E-state index contributed by atoms with van der Waals surface area (Å²) in [6.07, 6.45) is 1.38. The van der Waals surface area contributed by atoms with Crippen LogP contribution in [0.25, 0.3) is 0 Å². The number of hydrogen-bond acceptors (Lipinski definition) is 4. The number of halogens is 1. The molecule has 0 saturated carbocycles. The van der Waals surface area contributed by atoms with Crippen molar-refractivity contribution >= 4 is 11.9 Å². The van der Waals surface area contributed by atoms with Crippen LogP contribution in [0, 0.1) is 30.0 Å². The maximum Gasteiger partial charge on any atom is 0.271 e. The van der Waals surface area contributed by atoms with E-state index < -0.39 is 5.56 Å². The molecule has 6 heteroatoms. The van der Waals surface area contributed by atoms with Gasteiger partial charge in [-0.2, -0.15) is 5.26 Å². The summed E-state index contributed by atoms with van der Waals surface area (Å²) in [5.41, 5.74) is 0.631. The first kappa shape index (κ1) is 17.4. The molecule has 1 aromatic heterocycles. The summed E-state index contributed by atoms with van der Waals surface area (Å²) in [6, 6.07) is 7.44. The van der Waals surface area contributed by atoms with Crippen LogP contribution in [0.3, 0.4) is 0 Å². The van der Waals surface area contributed by atoms with Gasteiger partial charge in [0, 0.05) is 12.8 Å². The third-order valence-corrected chi connectivity index (χ3v) is 3.56. The second-order valence-electron chi connectivity index (χ2n) is 5.89. The van der Waals surface area contributed by atoms with E-state index >= 15 is 0 Å². The fourth-order valence-corrected chi connectivity index (χ4v) is 2.33. The average molecular weight is 327 g/mol. The van der Waals surface area contributed by atoms with Crippen molar-refractivity contribution in [1.29, 1.82) is 5.26 Å². The van der Waals surface area contributed by atoms with Crippen LogP contribution in [0.5, 0.6) is 5.88 Å². The van der Waals surface area contributed by atoms with Gasteiger partial charge in [0.05, 0.1) is 11.3 Å². The Hall–Kier alpha value is -2.94. The Bertz CT molecular complexity index is 875. The van der Waals surface area contributed by atoms with E-state index in [4.69, 9.17) is 0 Å². The number of hydrogen-bond donors (Lipinski definition) is 1. The zero-order valence-corrected chi connectivity index (χ0v) is 13.7. The molecule has 0 aliphatic carbocycles. The molecule has 2 aromatic rings. The van der Waals surface area contributed by atoms with E-state index in [1.807, 2.05) is 19.9 Å².